The molecule has 2 heterocycles. The van der Waals surface area contributed by atoms with Crippen molar-refractivity contribution in [3.8, 4) is 0 Å². The lowest BCUT2D eigenvalue weighted by atomic mass is 10.4. The van der Waals surface area contributed by atoms with Gasteiger partial charge < -0.3 is 5.32 Å². The van der Waals surface area contributed by atoms with Crippen LogP contribution < -0.4 is 5.32 Å². The smallest absolute Gasteiger partial charge is 0.210 e. The Morgan fingerprint density at radius 2 is 2.33 bits per heavy atom. The minimum atomic E-state index is 0.805. The highest BCUT2D eigenvalue weighted by Crippen LogP contribution is 2.20. The minimum absolute atomic E-state index is 0.805. The van der Waals surface area contributed by atoms with Crippen molar-refractivity contribution in [3.05, 3.63) is 29.5 Å². The van der Waals surface area contributed by atoms with E-state index in [0.29, 0.717) is 0 Å². The lowest BCUT2D eigenvalue weighted by Gasteiger charge is -1.98. The van der Waals surface area contributed by atoms with E-state index in [-0.39, 0.29) is 0 Å². The van der Waals surface area contributed by atoms with Crippen molar-refractivity contribution < 1.29 is 0 Å². The summed E-state index contributed by atoms with van der Waals surface area (Å²) in [6, 6.07) is 3.82. The van der Waals surface area contributed by atoms with Gasteiger partial charge in [0.25, 0.3) is 0 Å². The van der Waals surface area contributed by atoms with Crippen LogP contribution in [0.25, 0.3) is 0 Å². The molecule has 0 atom stereocenters. The van der Waals surface area contributed by atoms with Gasteiger partial charge in [0.2, 0.25) is 5.13 Å². The molecule has 15 heavy (non-hydrogen) atoms. The van der Waals surface area contributed by atoms with Gasteiger partial charge in [-0.1, -0.05) is 27.3 Å². The van der Waals surface area contributed by atoms with Crippen LogP contribution in [0.5, 0.6) is 0 Å². The van der Waals surface area contributed by atoms with E-state index < -0.39 is 0 Å². The third-order valence-corrected chi connectivity index (χ3v) is 2.98. The van der Waals surface area contributed by atoms with Crippen LogP contribution in [0.3, 0.4) is 0 Å². The van der Waals surface area contributed by atoms with Crippen LogP contribution in [0.4, 0.5) is 10.8 Å². The lowest BCUT2D eigenvalue weighted by molar-refractivity contribution is 0.995. The SMILES string of the molecule is BrCCc1nnc(Nc2cccnc2)s1. The van der Waals surface area contributed by atoms with E-state index in [9.17, 15) is 0 Å². The molecule has 0 saturated carbocycles. The summed E-state index contributed by atoms with van der Waals surface area (Å²) in [4.78, 5) is 4.01. The first-order valence-electron chi connectivity index (χ1n) is 4.44. The maximum absolute atomic E-state index is 4.06. The molecule has 1 N–H and O–H groups in total. The molecule has 0 bridgehead atoms. The average Bonchev–Trinajstić information content (AvgIpc) is 2.68. The van der Waals surface area contributed by atoms with E-state index in [1.54, 1.807) is 23.7 Å². The van der Waals surface area contributed by atoms with Crippen LogP contribution in [-0.2, 0) is 6.42 Å². The third kappa shape index (κ3) is 2.97. The molecule has 6 heteroatoms. The molecular weight excluding hydrogens is 276 g/mol. The van der Waals surface area contributed by atoms with Crippen molar-refractivity contribution in [2.75, 3.05) is 10.6 Å². The van der Waals surface area contributed by atoms with Gasteiger partial charge in [-0.15, -0.1) is 10.2 Å². The van der Waals surface area contributed by atoms with Gasteiger partial charge in [-0.2, -0.15) is 0 Å². The Bertz CT molecular complexity index is 417. The average molecular weight is 285 g/mol. The molecule has 0 aliphatic heterocycles. The number of nitrogens with zero attached hydrogens (tertiary/aromatic N) is 3. The number of halogens is 1. The van der Waals surface area contributed by atoms with Crippen LogP contribution in [0.2, 0.25) is 0 Å². The zero-order valence-electron chi connectivity index (χ0n) is 7.85. The molecule has 0 saturated heterocycles. The van der Waals surface area contributed by atoms with Crippen molar-refractivity contribution in [1.29, 1.82) is 0 Å². The van der Waals surface area contributed by atoms with Crippen LogP contribution in [0.1, 0.15) is 5.01 Å². The number of hydrogen-bond donors (Lipinski definition) is 1. The predicted molar refractivity (Wildman–Crippen MR) is 64.9 cm³/mol. The zero-order valence-corrected chi connectivity index (χ0v) is 10.3. The van der Waals surface area contributed by atoms with E-state index >= 15 is 0 Å². The molecule has 2 aromatic heterocycles. The highest BCUT2D eigenvalue weighted by Gasteiger charge is 2.03. The fourth-order valence-electron chi connectivity index (χ4n) is 1.05. The fraction of sp³-hybridized carbons (Fsp3) is 0.222. The molecule has 78 valence electrons. The molecule has 0 radical (unpaired) electrons. The molecular formula is C9H9BrN4S. The van der Waals surface area contributed by atoms with Crippen LogP contribution in [-0.4, -0.2) is 20.5 Å². The van der Waals surface area contributed by atoms with Gasteiger partial charge >= 0.3 is 0 Å². The van der Waals surface area contributed by atoms with Gasteiger partial charge in [-0.3, -0.25) is 4.98 Å². The molecule has 0 spiro atoms. The topological polar surface area (TPSA) is 50.7 Å². The summed E-state index contributed by atoms with van der Waals surface area (Å²) in [6.45, 7) is 0. The summed E-state index contributed by atoms with van der Waals surface area (Å²) in [5.41, 5.74) is 0.930. The first-order chi connectivity index (χ1) is 7.38. The van der Waals surface area contributed by atoms with Gasteiger partial charge in [0.1, 0.15) is 5.01 Å². The summed E-state index contributed by atoms with van der Waals surface area (Å²) in [7, 11) is 0. The van der Waals surface area contributed by atoms with Crippen LogP contribution in [0.15, 0.2) is 24.5 Å². The Balaban J connectivity index is 2.05. The molecule has 0 fully saturated rings. The zero-order chi connectivity index (χ0) is 10.5. The number of aryl methyl sites for hydroxylation is 1. The van der Waals surface area contributed by atoms with Crippen molar-refractivity contribution in [1.82, 2.24) is 15.2 Å². The Morgan fingerprint density at radius 3 is 3.07 bits per heavy atom. The largest absolute Gasteiger partial charge is 0.329 e. The molecule has 0 amide bonds. The van der Waals surface area contributed by atoms with Crippen LogP contribution >= 0.6 is 27.3 Å². The Kier molecular flexibility index (Phi) is 3.63. The van der Waals surface area contributed by atoms with Crippen molar-refractivity contribution in [2.24, 2.45) is 0 Å². The van der Waals surface area contributed by atoms with Crippen LogP contribution in [0, 0.1) is 0 Å². The molecule has 0 unspecified atom stereocenters. The maximum Gasteiger partial charge on any atom is 0.210 e. The maximum atomic E-state index is 4.06. The number of nitrogens with one attached hydrogen (secondary N) is 1. The molecule has 2 aromatic rings. The number of anilines is 2. The monoisotopic (exact) mass is 284 g/mol. The normalized spacial score (nSPS) is 10.2. The minimum Gasteiger partial charge on any atom is -0.329 e. The molecule has 0 aliphatic rings. The van der Waals surface area contributed by atoms with Gasteiger partial charge in [-0.25, -0.2) is 0 Å². The fourth-order valence-corrected chi connectivity index (χ4v) is 2.44. The molecule has 0 aliphatic carbocycles. The first kappa shape index (κ1) is 10.5. The number of pyridine rings is 1. The van der Waals surface area contributed by atoms with Gasteiger partial charge in [0, 0.05) is 17.9 Å². The summed E-state index contributed by atoms with van der Waals surface area (Å²) in [6.07, 6.45) is 4.40. The molecule has 4 nitrogen and oxygen atoms in total. The standard InChI is InChI=1S/C9H9BrN4S/c10-4-3-8-13-14-9(15-8)12-7-2-1-5-11-6-7/h1-2,5-6H,3-4H2,(H,12,14). The number of rotatable bonds is 4. The number of hydrogen-bond acceptors (Lipinski definition) is 5. The molecule has 2 rings (SSSR count). The molecule has 0 aromatic carbocycles. The summed E-state index contributed by atoms with van der Waals surface area (Å²) in [5, 5.41) is 14.0. The second-order valence-electron chi connectivity index (χ2n) is 2.81. The second-order valence-corrected chi connectivity index (χ2v) is 4.66. The van der Waals surface area contributed by atoms with E-state index in [2.05, 4.69) is 36.4 Å². The van der Waals surface area contributed by atoms with Crippen molar-refractivity contribution in [3.63, 3.8) is 0 Å². The van der Waals surface area contributed by atoms with E-state index in [1.807, 2.05) is 12.1 Å². The van der Waals surface area contributed by atoms with Crippen molar-refractivity contribution >= 4 is 38.1 Å². The second kappa shape index (κ2) is 5.18. The van der Waals surface area contributed by atoms with E-state index in [4.69, 9.17) is 0 Å². The summed E-state index contributed by atoms with van der Waals surface area (Å²) >= 11 is 4.93. The highest BCUT2D eigenvalue weighted by molar-refractivity contribution is 9.09. The first-order valence-corrected chi connectivity index (χ1v) is 6.37. The Labute approximate surface area is 99.9 Å². The van der Waals surface area contributed by atoms with E-state index in [1.165, 1.54) is 0 Å². The Morgan fingerprint density at radius 1 is 1.40 bits per heavy atom. The van der Waals surface area contributed by atoms with Gasteiger partial charge in [-0.05, 0) is 12.1 Å². The summed E-state index contributed by atoms with van der Waals surface area (Å²) < 4.78 is 0. The van der Waals surface area contributed by atoms with Gasteiger partial charge in [0.15, 0.2) is 0 Å². The van der Waals surface area contributed by atoms with Gasteiger partial charge in [0.05, 0.1) is 11.9 Å². The quantitative estimate of drug-likeness (QED) is 0.877. The lowest BCUT2D eigenvalue weighted by Crippen LogP contribution is -1.89. The van der Waals surface area contributed by atoms with E-state index in [0.717, 1.165) is 27.6 Å². The van der Waals surface area contributed by atoms with Crippen molar-refractivity contribution in [2.45, 2.75) is 6.42 Å². The number of aromatic nitrogens is 3. The summed E-state index contributed by atoms with van der Waals surface area (Å²) in [5.74, 6) is 0. The number of alkyl halides is 1. The highest BCUT2D eigenvalue weighted by atomic mass is 79.9. The Hall–Kier alpha value is -1.01. The third-order valence-electron chi connectivity index (χ3n) is 1.69. The predicted octanol–water partition coefficient (Wildman–Crippen LogP) is 2.61.